The van der Waals surface area contributed by atoms with Gasteiger partial charge in [-0.25, -0.2) is 4.79 Å². The van der Waals surface area contributed by atoms with Gasteiger partial charge in [0.25, 0.3) is 0 Å². The summed E-state index contributed by atoms with van der Waals surface area (Å²) in [5.74, 6) is -0.530. The van der Waals surface area contributed by atoms with Crippen LogP contribution in [-0.2, 0) is 24.6 Å². The lowest BCUT2D eigenvalue weighted by Crippen LogP contribution is -2.21. The molecule has 2 aromatic heterocycles. The molecule has 0 saturated carbocycles. The molecule has 10 heteroatoms. The number of alkyl halides is 3. The van der Waals surface area contributed by atoms with Gasteiger partial charge in [-0.05, 0) is 13.0 Å². The van der Waals surface area contributed by atoms with Crippen molar-refractivity contribution in [2.45, 2.75) is 19.6 Å². The molecule has 0 saturated heterocycles. The number of aromatic nitrogens is 3. The highest BCUT2D eigenvalue weighted by Crippen LogP contribution is 2.28. The van der Waals surface area contributed by atoms with Gasteiger partial charge in [0.1, 0.15) is 6.54 Å². The highest BCUT2D eigenvalue weighted by molar-refractivity contribution is 5.89. The quantitative estimate of drug-likeness (QED) is 0.922. The molecule has 0 unspecified atom stereocenters. The topological polar surface area (TPSA) is 82.1 Å². The Balaban J connectivity index is 2.11. The molecule has 0 atom stereocenters. The Morgan fingerprint density at radius 3 is 2.57 bits per heavy atom. The summed E-state index contributed by atoms with van der Waals surface area (Å²) in [6.45, 7) is 0.990. The third kappa shape index (κ3) is 3.33. The number of anilines is 1. The molecule has 7 nitrogen and oxygen atoms in total. The molecule has 1 amide bonds. The largest absolute Gasteiger partial charge is 0.435 e. The van der Waals surface area contributed by atoms with Crippen molar-refractivity contribution in [2.75, 3.05) is 5.32 Å². The van der Waals surface area contributed by atoms with Gasteiger partial charge in [-0.2, -0.15) is 23.0 Å². The molecule has 0 aromatic carbocycles. The molecular weight excluding hydrogens is 293 g/mol. The van der Waals surface area contributed by atoms with Crippen LogP contribution in [0.25, 0.3) is 0 Å². The van der Waals surface area contributed by atoms with E-state index in [9.17, 15) is 22.8 Å². The van der Waals surface area contributed by atoms with Crippen LogP contribution in [0.4, 0.5) is 19.0 Å². The number of rotatable bonds is 3. The maximum Gasteiger partial charge on any atom is 0.435 e. The first kappa shape index (κ1) is 14.9. The van der Waals surface area contributed by atoms with Gasteiger partial charge in [0.15, 0.2) is 11.5 Å². The number of amides is 1. The Labute approximate surface area is 115 Å². The second-order valence-electron chi connectivity index (χ2n) is 4.31. The predicted molar refractivity (Wildman–Crippen MR) is 64.5 cm³/mol. The fourth-order valence-corrected chi connectivity index (χ4v) is 1.65. The molecule has 1 N–H and O–H groups in total. The van der Waals surface area contributed by atoms with Crippen molar-refractivity contribution >= 4 is 11.7 Å². The van der Waals surface area contributed by atoms with Crippen LogP contribution in [0.1, 0.15) is 11.4 Å². The number of aryl methyl sites for hydroxylation is 2. The number of carbonyl (C=O) groups is 1. The molecule has 0 aliphatic rings. The lowest BCUT2D eigenvalue weighted by molar-refractivity contribution is -0.141. The normalized spacial score (nSPS) is 11.7. The fraction of sp³-hybridized carbons (Fsp3) is 0.364. The summed E-state index contributed by atoms with van der Waals surface area (Å²) in [5, 5.41) is 5.67. The molecule has 21 heavy (non-hydrogen) atoms. The zero-order valence-electron chi connectivity index (χ0n) is 11.1. The average molecular weight is 304 g/mol. The van der Waals surface area contributed by atoms with E-state index in [0.717, 1.165) is 21.6 Å². The molecule has 0 aliphatic heterocycles. The third-order valence-electron chi connectivity index (χ3n) is 2.65. The maximum atomic E-state index is 12.5. The Hall–Kier alpha value is -2.52. The smallest absolute Gasteiger partial charge is 0.335 e. The molecule has 0 spiro atoms. The van der Waals surface area contributed by atoms with Crippen molar-refractivity contribution in [3.63, 3.8) is 0 Å². The lowest BCUT2D eigenvalue weighted by Gasteiger charge is -2.06. The number of halogens is 3. The summed E-state index contributed by atoms with van der Waals surface area (Å²) in [4.78, 5) is 22.7. The Morgan fingerprint density at radius 1 is 1.43 bits per heavy atom. The zero-order valence-corrected chi connectivity index (χ0v) is 11.1. The standard InChI is InChI=1S/C11H11F3N4O3/c1-6-3-7(11(12,13)14)16-18(6)5-9(19)15-8-4-10(20)21-17(8)2/h3-4H,5H2,1-2H3,(H,15,19). The molecule has 2 heterocycles. The van der Waals surface area contributed by atoms with Crippen molar-refractivity contribution < 1.29 is 22.5 Å². The summed E-state index contributed by atoms with van der Waals surface area (Å²) in [7, 11) is 1.40. The van der Waals surface area contributed by atoms with E-state index in [1.807, 2.05) is 0 Å². The van der Waals surface area contributed by atoms with Gasteiger partial charge >= 0.3 is 11.8 Å². The number of carbonyl (C=O) groups excluding carboxylic acids is 1. The first-order valence-corrected chi connectivity index (χ1v) is 5.75. The minimum atomic E-state index is -4.57. The Morgan fingerprint density at radius 2 is 2.10 bits per heavy atom. The number of nitrogens with zero attached hydrogens (tertiary/aromatic N) is 3. The van der Waals surface area contributed by atoms with Gasteiger partial charge in [0.2, 0.25) is 5.91 Å². The lowest BCUT2D eigenvalue weighted by atomic mass is 10.3. The number of hydrogen-bond acceptors (Lipinski definition) is 4. The van der Waals surface area contributed by atoms with Crippen LogP contribution in [0, 0.1) is 6.92 Å². The number of nitrogens with one attached hydrogen (secondary N) is 1. The minimum Gasteiger partial charge on any atom is -0.335 e. The van der Waals surface area contributed by atoms with E-state index >= 15 is 0 Å². The van der Waals surface area contributed by atoms with E-state index in [1.54, 1.807) is 0 Å². The van der Waals surface area contributed by atoms with Crippen LogP contribution in [0.5, 0.6) is 0 Å². The molecule has 2 aromatic rings. The van der Waals surface area contributed by atoms with Crippen LogP contribution in [0.15, 0.2) is 21.5 Å². The summed E-state index contributed by atoms with van der Waals surface area (Å²) in [6.07, 6.45) is -4.57. The SMILES string of the molecule is Cc1cc(C(F)(F)F)nn1CC(=O)Nc1cc(=O)on1C. The van der Waals surface area contributed by atoms with E-state index in [4.69, 9.17) is 0 Å². The molecule has 114 valence electrons. The Kier molecular flexibility index (Phi) is 3.62. The van der Waals surface area contributed by atoms with Crippen molar-refractivity contribution in [1.82, 2.24) is 14.5 Å². The highest BCUT2D eigenvalue weighted by Gasteiger charge is 2.34. The van der Waals surface area contributed by atoms with E-state index in [2.05, 4.69) is 14.9 Å². The van der Waals surface area contributed by atoms with Crippen molar-refractivity contribution in [2.24, 2.45) is 7.05 Å². The van der Waals surface area contributed by atoms with Gasteiger partial charge in [-0.1, -0.05) is 0 Å². The van der Waals surface area contributed by atoms with Crippen LogP contribution < -0.4 is 10.9 Å². The van der Waals surface area contributed by atoms with Gasteiger partial charge in [-0.15, -0.1) is 0 Å². The maximum absolute atomic E-state index is 12.5. The summed E-state index contributed by atoms with van der Waals surface area (Å²) < 4.78 is 44.1. The van der Waals surface area contributed by atoms with Crippen LogP contribution in [0.2, 0.25) is 0 Å². The average Bonchev–Trinajstić information content (AvgIpc) is 2.83. The van der Waals surface area contributed by atoms with Crippen LogP contribution in [0.3, 0.4) is 0 Å². The molecule has 2 rings (SSSR count). The highest BCUT2D eigenvalue weighted by atomic mass is 19.4. The van der Waals surface area contributed by atoms with E-state index < -0.39 is 29.9 Å². The molecule has 0 radical (unpaired) electrons. The van der Waals surface area contributed by atoms with Crippen molar-refractivity contribution in [3.8, 4) is 0 Å². The molecular formula is C11H11F3N4O3. The van der Waals surface area contributed by atoms with E-state index in [0.29, 0.717) is 0 Å². The predicted octanol–water partition coefficient (Wildman–Crippen LogP) is 1.14. The fourth-order valence-electron chi connectivity index (χ4n) is 1.65. The van der Waals surface area contributed by atoms with Crippen molar-refractivity contribution in [1.29, 1.82) is 0 Å². The first-order chi connectivity index (χ1) is 9.66. The third-order valence-corrected chi connectivity index (χ3v) is 2.65. The van der Waals surface area contributed by atoms with Gasteiger partial charge in [0, 0.05) is 12.7 Å². The van der Waals surface area contributed by atoms with E-state index in [-0.39, 0.29) is 11.5 Å². The Bertz CT molecular complexity index is 726. The molecule has 0 aliphatic carbocycles. The second-order valence-corrected chi connectivity index (χ2v) is 4.31. The summed E-state index contributed by atoms with van der Waals surface area (Å²) in [6, 6.07) is 1.90. The van der Waals surface area contributed by atoms with Crippen LogP contribution >= 0.6 is 0 Å². The summed E-state index contributed by atoms with van der Waals surface area (Å²) >= 11 is 0. The monoisotopic (exact) mass is 304 g/mol. The minimum absolute atomic E-state index is 0.103. The van der Waals surface area contributed by atoms with Gasteiger partial charge in [0.05, 0.1) is 6.07 Å². The van der Waals surface area contributed by atoms with Crippen molar-refractivity contribution in [3.05, 3.63) is 33.9 Å². The van der Waals surface area contributed by atoms with Crippen LogP contribution in [-0.4, -0.2) is 20.4 Å². The zero-order chi connectivity index (χ0) is 15.8. The first-order valence-electron chi connectivity index (χ1n) is 5.75. The van der Waals surface area contributed by atoms with E-state index in [1.165, 1.54) is 14.0 Å². The molecule has 0 bridgehead atoms. The summed E-state index contributed by atoms with van der Waals surface area (Å²) in [5.41, 5.74) is -1.52. The molecule has 0 fully saturated rings. The number of hydrogen-bond donors (Lipinski definition) is 1. The second kappa shape index (κ2) is 5.11. The van der Waals surface area contributed by atoms with Gasteiger partial charge in [-0.3, -0.25) is 9.48 Å². The van der Waals surface area contributed by atoms with Gasteiger partial charge < -0.3 is 9.84 Å².